The minimum Gasteiger partial charge on any atom is -0.438 e. The van der Waals surface area contributed by atoms with Crippen molar-refractivity contribution in [1.29, 1.82) is 0 Å². The second kappa shape index (κ2) is 13.0. The lowest BCUT2D eigenvalue weighted by Crippen LogP contribution is -2.57. The fourth-order valence-corrected chi connectivity index (χ4v) is 8.78. The number of hydrogen-bond donors (Lipinski definition) is 2. The number of nitrogens with one attached hydrogen (secondary N) is 2. The smallest absolute Gasteiger partial charge is 0.412 e. The standard InChI is InChI=1S/C35H43N5O4S/c41-32(39-20-14-26(15-21-39)38-18-6-1-7-19-38)30(13-12-25-24-45-31-11-5-2-8-27(25)31)36-33(42)40-22-16-35(17-23-40)28-9-3-4-10-29(28)37-34(43)44-35/h2-5,8-11,24,26,30H,1,6-7,12-23H2,(H,36,42)(H,37,43)/t30-/m1/s1. The Labute approximate surface area is 268 Å². The van der Waals surface area contributed by atoms with Crippen LogP contribution in [0.1, 0.15) is 62.5 Å². The molecular weight excluding hydrogens is 586 g/mol. The van der Waals surface area contributed by atoms with Gasteiger partial charge in [0.25, 0.3) is 0 Å². The van der Waals surface area contributed by atoms with Gasteiger partial charge in [-0.2, -0.15) is 0 Å². The van der Waals surface area contributed by atoms with Gasteiger partial charge in [0.05, 0.1) is 5.69 Å². The Bertz CT molecular complexity index is 1540. The highest BCUT2D eigenvalue weighted by molar-refractivity contribution is 7.17. The molecular formula is C35H43N5O4S. The number of thiophene rings is 1. The summed E-state index contributed by atoms with van der Waals surface area (Å²) in [7, 11) is 0. The number of hydrogen-bond acceptors (Lipinski definition) is 6. The highest BCUT2D eigenvalue weighted by Gasteiger charge is 2.45. The predicted octanol–water partition coefficient (Wildman–Crippen LogP) is 5.94. The number of nitrogens with zero attached hydrogens (tertiary/aromatic N) is 3. The summed E-state index contributed by atoms with van der Waals surface area (Å²) in [5.41, 5.74) is 2.19. The first kappa shape index (κ1) is 30.0. The van der Waals surface area contributed by atoms with Gasteiger partial charge in [-0.3, -0.25) is 10.1 Å². The maximum absolute atomic E-state index is 14.1. The van der Waals surface area contributed by atoms with Crippen molar-refractivity contribution in [3.05, 3.63) is 65.0 Å². The van der Waals surface area contributed by atoms with Crippen LogP contribution in [-0.4, -0.2) is 84.1 Å². The van der Waals surface area contributed by atoms with Gasteiger partial charge in [-0.15, -0.1) is 11.3 Å². The van der Waals surface area contributed by atoms with Gasteiger partial charge in [-0.1, -0.05) is 42.8 Å². The molecule has 1 spiro atoms. The summed E-state index contributed by atoms with van der Waals surface area (Å²) in [5, 5.41) is 9.36. The maximum atomic E-state index is 14.1. The second-order valence-electron chi connectivity index (χ2n) is 13.0. The van der Waals surface area contributed by atoms with E-state index in [0.29, 0.717) is 44.8 Å². The molecule has 3 aromatic rings. The van der Waals surface area contributed by atoms with Gasteiger partial charge in [0.15, 0.2) is 0 Å². The third-order valence-corrected chi connectivity index (χ3v) is 11.4. The van der Waals surface area contributed by atoms with E-state index in [4.69, 9.17) is 4.74 Å². The van der Waals surface area contributed by atoms with Crippen molar-refractivity contribution >= 4 is 45.1 Å². The van der Waals surface area contributed by atoms with E-state index in [9.17, 15) is 14.4 Å². The van der Waals surface area contributed by atoms with E-state index in [-0.39, 0.29) is 11.9 Å². The van der Waals surface area contributed by atoms with E-state index >= 15 is 0 Å². The van der Waals surface area contributed by atoms with Crippen molar-refractivity contribution in [2.24, 2.45) is 0 Å². The zero-order chi connectivity index (χ0) is 30.8. The topological polar surface area (TPSA) is 94.2 Å². The Morgan fingerprint density at radius 1 is 0.933 bits per heavy atom. The molecule has 0 saturated carbocycles. The molecule has 2 N–H and O–H groups in total. The van der Waals surface area contributed by atoms with Crippen LogP contribution in [-0.2, 0) is 21.6 Å². The van der Waals surface area contributed by atoms with E-state index in [1.54, 1.807) is 16.2 Å². The average molecular weight is 630 g/mol. The highest BCUT2D eigenvalue weighted by atomic mass is 32.1. The van der Waals surface area contributed by atoms with Crippen molar-refractivity contribution < 1.29 is 19.1 Å². The van der Waals surface area contributed by atoms with Gasteiger partial charge in [-0.05, 0) is 80.1 Å². The fraction of sp³-hybridized carbons (Fsp3) is 0.514. The quantitative estimate of drug-likeness (QED) is 0.352. The van der Waals surface area contributed by atoms with Crippen molar-refractivity contribution in [2.75, 3.05) is 44.6 Å². The van der Waals surface area contributed by atoms with Gasteiger partial charge in [0.1, 0.15) is 11.6 Å². The van der Waals surface area contributed by atoms with Gasteiger partial charge < -0.3 is 24.8 Å². The lowest BCUT2D eigenvalue weighted by Gasteiger charge is -2.44. The summed E-state index contributed by atoms with van der Waals surface area (Å²) >= 11 is 1.72. The molecule has 3 saturated heterocycles. The number of piperidine rings is 3. The molecule has 45 heavy (non-hydrogen) atoms. The number of benzene rings is 2. The molecule has 4 amide bonds. The van der Waals surface area contributed by atoms with E-state index in [2.05, 4.69) is 45.2 Å². The zero-order valence-corrected chi connectivity index (χ0v) is 26.7. The van der Waals surface area contributed by atoms with Crippen LogP contribution in [0, 0.1) is 0 Å². The Kier molecular flexibility index (Phi) is 8.68. The number of fused-ring (bicyclic) bond motifs is 3. The van der Waals surface area contributed by atoms with Gasteiger partial charge in [0.2, 0.25) is 5.91 Å². The molecule has 10 heteroatoms. The molecule has 2 aromatic carbocycles. The number of carbonyl (C=O) groups is 3. The summed E-state index contributed by atoms with van der Waals surface area (Å²) in [4.78, 5) is 46.5. The molecule has 7 rings (SSSR count). The fourth-order valence-electron chi connectivity index (χ4n) is 7.78. The molecule has 5 heterocycles. The molecule has 0 aliphatic carbocycles. The van der Waals surface area contributed by atoms with Crippen LogP contribution in [0.15, 0.2) is 53.9 Å². The number of carbonyl (C=O) groups excluding carboxylic acids is 3. The largest absolute Gasteiger partial charge is 0.438 e. The number of anilines is 1. The highest BCUT2D eigenvalue weighted by Crippen LogP contribution is 2.43. The number of rotatable bonds is 6. The molecule has 1 aromatic heterocycles. The molecule has 3 fully saturated rings. The zero-order valence-electron chi connectivity index (χ0n) is 25.8. The molecule has 1 atom stereocenters. The van der Waals surface area contributed by atoms with Crippen molar-refractivity contribution in [1.82, 2.24) is 20.0 Å². The SMILES string of the molecule is O=C1Nc2ccccc2C2(CCN(C(=O)N[C@H](CCc3csc4ccccc34)C(=O)N3CCC(N4CCCCC4)CC3)CC2)O1. The van der Waals surface area contributed by atoms with Crippen LogP contribution in [0.25, 0.3) is 10.1 Å². The monoisotopic (exact) mass is 629 g/mol. The van der Waals surface area contributed by atoms with Crippen LogP contribution in [0.4, 0.5) is 15.3 Å². The van der Waals surface area contributed by atoms with Crippen LogP contribution in [0.5, 0.6) is 0 Å². The number of ether oxygens (including phenoxy) is 1. The van der Waals surface area contributed by atoms with Crippen LogP contribution >= 0.6 is 11.3 Å². The predicted molar refractivity (Wildman–Crippen MR) is 177 cm³/mol. The number of urea groups is 1. The molecule has 4 aliphatic rings. The minimum absolute atomic E-state index is 0.0228. The molecule has 0 bridgehead atoms. The second-order valence-corrected chi connectivity index (χ2v) is 13.9. The van der Waals surface area contributed by atoms with E-state index in [0.717, 1.165) is 37.2 Å². The van der Waals surface area contributed by atoms with E-state index in [1.807, 2.05) is 29.2 Å². The molecule has 9 nitrogen and oxygen atoms in total. The summed E-state index contributed by atoms with van der Waals surface area (Å²) in [5.74, 6) is 0.0228. The Balaban J connectivity index is 1.02. The van der Waals surface area contributed by atoms with E-state index < -0.39 is 17.7 Å². The summed E-state index contributed by atoms with van der Waals surface area (Å²) < 4.78 is 7.10. The Morgan fingerprint density at radius 2 is 1.67 bits per heavy atom. The number of aryl methyl sites for hydroxylation is 1. The number of likely N-dealkylation sites (tertiary alicyclic amines) is 3. The average Bonchev–Trinajstić information content (AvgIpc) is 3.50. The first-order valence-corrected chi connectivity index (χ1v) is 17.5. The van der Waals surface area contributed by atoms with Gasteiger partial charge in [-0.25, -0.2) is 9.59 Å². The van der Waals surface area contributed by atoms with Gasteiger partial charge >= 0.3 is 12.1 Å². The van der Waals surface area contributed by atoms with Crippen molar-refractivity contribution in [3.8, 4) is 0 Å². The summed E-state index contributed by atoms with van der Waals surface area (Å²) in [6.45, 7) is 4.68. The summed E-state index contributed by atoms with van der Waals surface area (Å²) in [6.07, 6.45) is 7.67. The third-order valence-electron chi connectivity index (χ3n) is 10.3. The van der Waals surface area contributed by atoms with Gasteiger partial charge in [0, 0.05) is 55.3 Å². The first-order valence-electron chi connectivity index (χ1n) is 16.6. The minimum atomic E-state index is -0.746. The van der Waals surface area contributed by atoms with Crippen molar-refractivity contribution in [2.45, 2.75) is 75.5 Å². The third kappa shape index (κ3) is 6.27. The lowest BCUT2D eigenvalue weighted by molar-refractivity contribution is -0.135. The summed E-state index contributed by atoms with van der Waals surface area (Å²) in [6, 6.07) is 15.8. The molecule has 238 valence electrons. The molecule has 4 aliphatic heterocycles. The first-order chi connectivity index (χ1) is 22.0. The normalized spacial score (nSPS) is 21.2. The van der Waals surface area contributed by atoms with Crippen molar-refractivity contribution in [3.63, 3.8) is 0 Å². The lowest BCUT2D eigenvalue weighted by atomic mass is 9.82. The Hall–Kier alpha value is -3.63. The van der Waals surface area contributed by atoms with E-state index in [1.165, 1.54) is 48.0 Å². The van der Waals surface area contributed by atoms with Crippen LogP contribution in [0.3, 0.4) is 0 Å². The maximum Gasteiger partial charge on any atom is 0.412 e. The molecule has 0 radical (unpaired) electrons. The molecule has 0 unspecified atom stereocenters. The number of amides is 4. The van der Waals surface area contributed by atoms with Crippen LogP contribution in [0.2, 0.25) is 0 Å². The van der Waals surface area contributed by atoms with Crippen LogP contribution < -0.4 is 10.6 Å². The Morgan fingerprint density at radius 3 is 2.47 bits per heavy atom. The number of para-hydroxylation sites is 1.